The lowest BCUT2D eigenvalue weighted by atomic mass is 10.3. The maximum absolute atomic E-state index is 11.1. The summed E-state index contributed by atoms with van der Waals surface area (Å²) in [6.07, 6.45) is 0. The molecule has 0 aliphatic rings. The minimum atomic E-state index is -1.14. The zero-order valence-electron chi connectivity index (χ0n) is 9.62. The molecule has 1 heterocycles. The Morgan fingerprint density at radius 1 is 1.44 bits per heavy atom. The van der Waals surface area contributed by atoms with E-state index in [9.17, 15) is 9.59 Å². The summed E-state index contributed by atoms with van der Waals surface area (Å²) in [4.78, 5) is 22.0. The molecule has 0 saturated carbocycles. The number of esters is 1. The van der Waals surface area contributed by atoms with Gasteiger partial charge < -0.3 is 19.7 Å². The summed E-state index contributed by atoms with van der Waals surface area (Å²) in [5.74, 6) is -1.63. The molecule has 0 aromatic carbocycles. The molecule has 6 nitrogen and oxygen atoms in total. The van der Waals surface area contributed by atoms with E-state index in [-0.39, 0.29) is 11.4 Å². The molecule has 0 atom stereocenters. The Labute approximate surface area is 92.8 Å². The van der Waals surface area contributed by atoms with Crippen LogP contribution in [0.5, 0.6) is 5.75 Å². The van der Waals surface area contributed by atoms with Crippen molar-refractivity contribution in [1.29, 1.82) is 0 Å². The summed E-state index contributed by atoms with van der Waals surface area (Å²) in [5, 5.41) is 11.9. The fraction of sp³-hybridized carbons (Fsp3) is 0.400. The van der Waals surface area contributed by atoms with Crippen LogP contribution in [-0.4, -0.2) is 28.7 Å². The molecule has 88 valence electrons. The molecule has 0 spiro atoms. The number of hydrogen-bond donors (Lipinski definition) is 2. The Morgan fingerprint density at radius 3 is 2.38 bits per heavy atom. The molecular weight excluding hydrogens is 212 g/mol. The highest BCUT2D eigenvalue weighted by Crippen LogP contribution is 2.34. The lowest BCUT2D eigenvalue weighted by Gasteiger charge is -2.04. The SMILES string of the molecule is CNc1c(OC(C)=O)c(C(=O)O)n(C)c1C. The largest absolute Gasteiger partial charge is 0.476 e. The van der Waals surface area contributed by atoms with Crippen molar-refractivity contribution >= 4 is 17.6 Å². The molecule has 1 aromatic heterocycles. The summed E-state index contributed by atoms with van der Waals surface area (Å²) in [7, 11) is 3.24. The highest BCUT2D eigenvalue weighted by molar-refractivity contribution is 5.94. The van der Waals surface area contributed by atoms with Crippen molar-refractivity contribution in [2.24, 2.45) is 7.05 Å². The van der Waals surface area contributed by atoms with Gasteiger partial charge in [0.1, 0.15) is 0 Å². The number of ether oxygens (including phenoxy) is 1. The second kappa shape index (κ2) is 4.26. The average Bonchev–Trinajstić information content (AvgIpc) is 2.38. The van der Waals surface area contributed by atoms with E-state index >= 15 is 0 Å². The van der Waals surface area contributed by atoms with Crippen molar-refractivity contribution in [3.8, 4) is 5.75 Å². The molecule has 6 heteroatoms. The van der Waals surface area contributed by atoms with E-state index < -0.39 is 11.9 Å². The summed E-state index contributed by atoms with van der Waals surface area (Å²) in [6.45, 7) is 2.97. The number of nitrogens with one attached hydrogen (secondary N) is 1. The van der Waals surface area contributed by atoms with Crippen LogP contribution in [0.1, 0.15) is 23.1 Å². The minimum Gasteiger partial charge on any atom is -0.476 e. The molecule has 0 fully saturated rings. The smallest absolute Gasteiger partial charge is 0.356 e. The first-order valence-electron chi connectivity index (χ1n) is 4.68. The molecule has 1 aromatic rings. The molecule has 0 bridgehead atoms. The monoisotopic (exact) mass is 226 g/mol. The highest BCUT2D eigenvalue weighted by atomic mass is 16.5. The van der Waals surface area contributed by atoms with Crippen molar-refractivity contribution in [3.05, 3.63) is 11.4 Å². The van der Waals surface area contributed by atoms with Gasteiger partial charge in [-0.3, -0.25) is 4.79 Å². The zero-order chi connectivity index (χ0) is 12.5. The fourth-order valence-electron chi connectivity index (χ4n) is 1.55. The van der Waals surface area contributed by atoms with Gasteiger partial charge in [-0.25, -0.2) is 4.79 Å². The first-order chi connectivity index (χ1) is 7.40. The number of aromatic carboxylic acids is 1. The van der Waals surface area contributed by atoms with Crippen molar-refractivity contribution < 1.29 is 19.4 Å². The molecule has 0 amide bonds. The van der Waals surface area contributed by atoms with Gasteiger partial charge in [0.25, 0.3) is 0 Å². The predicted octanol–water partition coefficient (Wildman–Crippen LogP) is 0.999. The molecule has 0 aliphatic heterocycles. The van der Waals surface area contributed by atoms with E-state index in [4.69, 9.17) is 9.84 Å². The third-order valence-corrected chi connectivity index (χ3v) is 2.34. The number of nitrogens with zero attached hydrogens (tertiary/aromatic N) is 1. The van der Waals surface area contributed by atoms with Crippen molar-refractivity contribution in [2.75, 3.05) is 12.4 Å². The third-order valence-electron chi connectivity index (χ3n) is 2.34. The number of rotatable bonds is 3. The number of hydrogen-bond acceptors (Lipinski definition) is 4. The van der Waals surface area contributed by atoms with Crippen LogP contribution in [0.15, 0.2) is 0 Å². The van der Waals surface area contributed by atoms with Crippen LogP contribution in [-0.2, 0) is 11.8 Å². The Kier molecular flexibility index (Phi) is 3.22. The second-order valence-electron chi connectivity index (χ2n) is 3.35. The number of carbonyl (C=O) groups excluding carboxylic acids is 1. The van der Waals surface area contributed by atoms with Gasteiger partial charge in [0.05, 0.1) is 5.69 Å². The Morgan fingerprint density at radius 2 is 2.00 bits per heavy atom. The van der Waals surface area contributed by atoms with Crippen molar-refractivity contribution in [1.82, 2.24) is 4.57 Å². The van der Waals surface area contributed by atoms with Gasteiger partial charge in [-0.15, -0.1) is 0 Å². The first-order valence-corrected chi connectivity index (χ1v) is 4.68. The summed E-state index contributed by atoms with van der Waals surface area (Å²) < 4.78 is 6.39. The van der Waals surface area contributed by atoms with Crippen LogP contribution in [0, 0.1) is 6.92 Å². The standard InChI is InChI=1S/C10H14N2O4/c1-5-7(11-3)9(16-6(2)13)8(10(14)15)12(5)4/h11H,1-4H3,(H,14,15). The molecular formula is C10H14N2O4. The van der Waals surface area contributed by atoms with E-state index in [1.807, 2.05) is 0 Å². The lowest BCUT2D eigenvalue weighted by molar-refractivity contribution is -0.131. The fourth-order valence-corrected chi connectivity index (χ4v) is 1.55. The summed E-state index contributed by atoms with van der Waals surface area (Å²) in [5.41, 5.74) is 1.16. The van der Waals surface area contributed by atoms with E-state index in [1.54, 1.807) is 21.0 Å². The number of carboxylic acids is 1. The maximum atomic E-state index is 11.1. The topological polar surface area (TPSA) is 80.6 Å². The predicted molar refractivity (Wildman–Crippen MR) is 58.0 cm³/mol. The van der Waals surface area contributed by atoms with Crippen LogP contribution >= 0.6 is 0 Å². The maximum Gasteiger partial charge on any atom is 0.356 e. The van der Waals surface area contributed by atoms with E-state index in [1.165, 1.54) is 11.5 Å². The molecule has 0 radical (unpaired) electrons. The minimum absolute atomic E-state index is 0.0444. The van der Waals surface area contributed by atoms with Crippen molar-refractivity contribution in [3.63, 3.8) is 0 Å². The Hall–Kier alpha value is -1.98. The van der Waals surface area contributed by atoms with E-state index in [0.29, 0.717) is 11.4 Å². The molecule has 2 N–H and O–H groups in total. The van der Waals surface area contributed by atoms with Gasteiger partial charge in [0, 0.05) is 26.7 Å². The molecule has 0 aliphatic carbocycles. The number of anilines is 1. The summed E-state index contributed by atoms with van der Waals surface area (Å²) in [6, 6.07) is 0. The van der Waals surface area contributed by atoms with E-state index in [0.717, 1.165) is 0 Å². The molecule has 16 heavy (non-hydrogen) atoms. The first kappa shape index (κ1) is 12.1. The average molecular weight is 226 g/mol. The number of carboxylic acid groups (broad SMARTS) is 1. The number of carbonyl (C=O) groups is 2. The normalized spacial score (nSPS) is 10.0. The Balaban J connectivity index is 3.45. The lowest BCUT2D eigenvalue weighted by Crippen LogP contribution is -2.10. The van der Waals surface area contributed by atoms with Gasteiger partial charge >= 0.3 is 11.9 Å². The molecule has 1 rings (SSSR count). The van der Waals surface area contributed by atoms with Crippen LogP contribution in [0.2, 0.25) is 0 Å². The molecule has 0 unspecified atom stereocenters. The highest BCUT2D eigenvalue weighted by Gasteiger charge is 2.25. The van der Waals surface area contributed by atoms with Crippen LogP contribution in [0.25, 0.3) is 0 Å². The van der Waals surface area contributed by atoms with Gasteiger partial charge in [-0.05, 0) is 6.92 Å². The quantitative estimate of drug-likeness (QED) is 0.751. The Bertz CT molecular complexity index is 448. The van der Waals surface area contributed by atoms with Crippen molar-refractivity contribution in [2.45, 2.75) is 13.8 Å². The second-order valence-corrected chi connectivity index (χ2v) is 3.35. The van der Waals surface area contributed by atoms with Crippen LogP contribution in [0.3, 0.4) is 0 Å². The summed E-state index contributed by atoms with van der Waals surface area (Å²) >= 11 is 0. The van der Waals surface area contributed by atoms with Gasteiger partial charge in [-0.2, -0.15) is 0 Å². The van der Waals surface area contributed by atoms with Crippen LogP contribution < -0.4 is 10.1 Å². The molecule has 0 saturated heterocycles. The van der Waals surface area contributed by atoms with Gasteiger partial charge in [0.2, 0.25) is 0 Å². The van der Waals surface area contributed by atoms with Gasteiger partial charge in [0.15, 0.2) is 11.4 Å². The van der Waals surface area contributed by atoms with Crippen LogP contribution in [0.4, 0.5) is 5.69 Å². The zero-order valence-corrected chi connectivity index (χ0v) is 9.62. The third kappa shape index (κ3) is 1.86. The number of aromatic nitrogens is 1. The van der Waals surface area contributed by atoms with E-state index in [2.05, 4.69) is 5.32 Å². The van der Waals surface area contributed by atoms with Gasteiger partial charge in [-0.1, -0.05) is 0 Å².